The second-order valence-corrected chi connectivity index (χ2v) is 11.8. The van der Waals surface area contributed by atoms with Gasteiger partial charge in [0.15, 0.2) is 0 Å². The van der Waals surface area contributed by atoms with Crippen LogP contribution in [0, 0.1) is 6.92 Å². The van der Waals surface area contributed by atoms with Gasteiger partial charge >= 0.3 is 0 Å². The lowest BCUT2D eigenvalue weighted by Crippen LogP contribution is -1.61. The minimum atomic E-state index is 1.19. The molecular weight excluding hydrogens is 468 g/mol. The second kappa shape index (κ2) is 5.58. The van der Waals surface area contributed by atoms with E-state index < -0.39 is 0 Å². The number of fused-ring (bicyclic) bond motifs is 1. The van der Waals surface area contributed by atoms with Gasteiger partial charge in [0.2, 0.25) is 0 Å². The van der Waals surface area contributed by atoms with Crippen molar-refractivity contribution < 1.29 is 0 Å². The van der Waals surface area contributed by atoms with Crippen LogP contribution < -0.4 is 0 Å². The molecule has 0 nitrogen and oxygen atoms in total. The highest BCUT2D eigenvalue weighted by Gasteiger charge is 2.18. The quantitative estimate of drug-likeness (QED) is 0.273. The van der Waals surface area contributed by atoms with E-state index in [1.807, 2.05) is 22.7 Å². The molecule has 0 amide bonds. The molecule has 0 bridgehead atoms. The highest BCUT2D eigenvalue weighted by Crippen LogP contribution is 2.50. The van der Waals surface area contributed by atoms with Crippen LogP contribution in [0.5, 0.6) is 0 Å². The van der Waals surface area contributed by atoms with Crippen LogP contribution in [0.3, 0.4) is 0 Å². The zero-order valence-electron chi connectivity index (χ0n) is 10.8. The molecule has 4 rings (SSSR count). The topological polar surface area (TPSA) is 0 Å². The van der Waals surface area contributed by atoms with Crippen molar-refractivity contribution in [1.82, 2.24) is 0 Å². The van der Waals surface area contributed by atoms with Crippen LogP contribution in [0.15, 0.2) is 37.9 Å². The minimum absolute atomic E-state index is 1.19. The summed E-state index contributed by atoms with van der Waals surface area (Å²) in [6, 6.07) is 11.0. The fourth-order valence-electron chi connectivity index (χ4n) is 2.27. The van der Waals surface area contributed by atoms with Crippen LogP contribution in [-0.2, 0) is 0 Å². The Balaban J connectivity index is 2.00. The van der Waals surface area contributed by atoms with Crippen molar-refractivity contribution in [2.24, 2.45) is 0 Å². The third kappa shape index (κ3) is 2.60. The first kappa shape index (κ1) is 14.6. The molecule has 0 aliphatic heterocycles. The van der Waals surface area contributed by atoms with E-state index >= 15 is 0 Å². The molecule has 0 spiro atoms. The molecule has 0 saturated carbocycles. The molecule has 21 heavy (non-hydrogen) atoms. The summed E-state index contributed by atoms with van der Waals surface area (Å²) in [6.07, 6.45) is 0. The van der Waals surface area contributed by atoms with Crippen LogP contribution in [-0.4, -0.2) is 0 Å². The third-order valence-electron chi connectivity index (χ3n) is 3.10. The monoisotopic (exact) mass is 474 g/mol. The van der Waals surface area contributed by atoms with E-state index in [9.17, 15) is 0 Å². The Bertz CT molecular complexity index is 866. The fraction of sp³-hybridized carbons (Fsp3) is 0.0667. The largest absolute Gasteiger partial charge is 0.139 e. The third-order valence-corrected chi connectivity index (χ3v) is 9.11. The molecule has 6 heteroatoms. The number of halogens is 2. The Labute approximate surface area is 155 Å². The molecule has 4 aromatic heterocycles. The molecule has 0 radical (unpaired) electrons. The van der Waals surface area contributed by atoms with Gasteiger partial charge in [0.05, 0.1) is 22.0 Å². The zero-order chi connectivity index (χ0) is 14.6. The minimum Gasteiger partial charge on any atom is -0.139 e. The second-order valence-electron chi connectivity index (χ2n) is 4.57. The fourth-order valence-corrected chi connectivity index (χ4v) is 7.81. The van der Waals surface area contributed by atoms with Crippen LogP contribution in [0.1, 0.15) is 4.88 Å². The molecule has 0 saturated heterocycles. The maximum absolute atomic E-state index is 3.58. The molecule has 0 aromatic carbocycles. The maximum Gasteiger partial charge on any atom is 0.0705 e. The lowest BCUT2D eigenvalue weighted by Gasteiger charge is -1.92. The summed E-state index contributed by atoms with van der Waals surface area (Å²) < 4.78 is 3.80. The van der Waals surface area contributed by atoms with Crippen LogP contribution in [0.4, 0.5) is 0 Å². The predicted octanol–water partition coefficient (Wildman–Crippen LogP) is 8.25. The van der Waals surface area contributed by atoms with Crippen LogP contribution >= 0.6 is 77.2 Å². The lowest BCUT2D eigenvalue weighted by atomic mass is 10.2. The molecule has 4 aromatic rings. The molecule has 0 aliphatic rings. The summed E-state index contributed by atoms with van der Waals surface area (Å²) in [5.74, 6) is 0. The molecule has 0 aliphatic carbocycles. The summed E-state index contributed by atoms with van der Waals surface area (Å²) >= 11 is 14.6. The molecule has 0 N–H and O–H groups in total. The van der Waals surface area contributed by atoms with Gasteiger partial charge in [-0.05, 0) is 69.1 Å². The lowest BCUT2D eigenvalue weighted by molar-refractivity contribution is 1.66. The number of hydrogen-bond donors (Lipinski definition) is 0. The van der Waals surface area contributed by atoms with E-state index in [4.69, 9.17) is 0 Å². The summed E-state index contributed by atoms with van der Waals surface area (Å²) in [4.78, 5) is 6.86. The Hall–Kier alpha value is 0.0200. The Kier molecular flexibility index (Phi) is 3.88. The normalized spacial score (nSPS) is 11.6. The van der Waals surface area contributed by atoms with Gasteiger partial charge in [0, 0.05) is 20.0 Å². The van der Waals surface area contributed by atoms with Crippen molar-refractivity contribution in [3.8, 4) is 19.5 Å². The average molecular weight is 476 g/mol. The van der Waals surface area contributed by atoms with Gasteiger partial charge in [0.25, 0.3) is 0 Å². The van der Waals surface area contributed by atoms with Gasteiger partial charge in [-0.1, -0.05) is 0 Å². The Morgan fingerprint density at radius 1 is 0.762 bits per heavy atom. The molecule has 0 fully saturated rings. The van der Waals surface area contributed by atoms with E-state index in [2.05, 4.69) is 69.1 Å². The maximum atomic E-state index is 3.58. The standard InChI is InChI=1S/C15H8Br2S4/c1-7-6-8-13(9-2-4-11(16)19-9)21-15(14(8)18-7)10-3-5-12(17)20-10/h2-6H,1H3. The van der Waals surface area contributed by atoms with Crippen molar-refractivity contribution in [1.29, 1.82) is 0 Å². The molecule has 4 heterocycles. The van der Waals surface area contributed by atoms with Crippen molar-refractivity contribution in [3.05, 3.63) is 42.8 Å². The van der Waals surface area contributed by atoms with E-state index in [1.54, 1.807) is 22.7 Å². The number of thiophene rings is 4. The summed E-state index contributed by atoms with van der Waals surface area (Å²) in [5, 5.41) is 1.40. The van der Waals surface area contributed by atoms with E-state index in [0.717, 1.165) is 0 Å². The summed E-state index contributed by atoms with van der Waals surface area (Å²) in [7, 11) is 0. The van der Waals surface area contributed by atoms with Gasteiger partial charge in [-0.25, -0.2) is 0 Å². The van der Waals surface area contributed by atoms with E-state index in [0.29, 0.717) is 0 Å². The highest BCUT2D eigenvalue weighted by atomic mass is 79.9. The molecule has 106 valence electrons. The molecular formula is C15H8Br2S4. The van der Waals surface area contributed by atoms with Gasteiger partial charge < -0.3 is 0 Å². The van der Waals surface area contributed by atoms with Crippen molar-refractivity contribution in [3.63, 3.8) is 0 Å². The number of aryl methyl sites for hydroxylation is 1. The zero-order valence-corrected chi connectivity index (χ0v) is 17.2. The van der Waals surface area contributed by atoms with Gasteiger partial charge in [-0.2, -0.15) is 0 Å². The van der Waals surface area contributed by atoms with Gasteiger partial charge in [0.1, 0.15) is 0 Å². The Morgan fingerprint density at radius 3 is 1.95 bits per heavy atom. The van der Waals surface area contributed by atoms with E-state index in [-0.39, 0.29) is 0 Å². The van der Waals surface area contributed by atoms with Crippen molar-refractivity contribution in [2.75, 3.05) is 0 Å². The highest BCUT2D eigenvalue weighted by molar-refractivity contribution is 9.11. The first-order valence-electron chi connectivity index (χ1n) is 6.16. The number of hydrogen-bond acceptors (Lipinski definition) is 4. The average Bonchev–Trinajstić information content (AvgIpc) is 3.15. The number of rotatable bonds is 2. The Morgan fingerprint density at radius 2 is 1.38 bits per heavy atom. The van der Waals surface area contributed by atoms with Crippen LogP contribution in [0.25, 0.3) is 29.6 Å². The van der Waals surface area contributed by atoms with Crippen LogP contribution in [0.2, 0.25) is 0 Å². The smallest absolute Gasteiger partial charge is 0.0705 e. The first-order chi connectivity index (χ1) is 10.1. The van der Waals surface area contributed by atoms with Gasteiger partial charge in [-0.3, -0.25) is 0 Å². The SMILES string of the molecule is Cc1cc2c(-c3ccc(Br)s3)sc(-c3ccc(Br)s3)c2s1. The van der Waals surface area contributed by atoms with Crippen molar-refractivity contribution in [2.45, 2.75) is 6.92 Å². The predicted molar refractivity (Wildman–Crippen MR) is 106 cm³/mol. The summed E-state index contributed by atoms with van der Waals surface area (Å²) in [5.41, 5.74) is 0. The molecule has 0 atom stereocenters. The summed E-state index contributed by atoms with van der Waals surface area (Å²) in [6.45, 7) is 2.19. The molecule has 0 unspecified atom stereocenters. The van der Waals surface area contributed by atoms with Crippen molar-refractivity contribution >= 4 is 87.3 Å². The van der Waals surface area contributed by atoms with Gasteiger partial charge in [-0.15, -0.1) is 45.3 Å². The first-order valence-corrected chi connectivity index (χ1v) is 11.0. The van der Waals surface area contributed by atoms with E-state index in [1.165, 1.54) is 42.0 Å².